The van der Waals surface area contributed by atoms with E-state index in [9.17, 15) is 0 Å². The van der Waals surface area contributed by atoms with E-state index in [2.05, 4.69) is 58.3 Å². The standard InChI is InChI=1S/C26H32N2S6/c29-25(27-17-5-1-2-6-18-27)33-31-23-13-9-21(10-14-23)22-11-15-24(16-12-22)32-34-26(30)28-19-7-3-4-8-20-28/h9-16H,1-8,17-20H2. The predicted octanol–water partition coefficient (Wildman–Crippen LogP) is 9.16. The van der Waals surface area contributed by atoms with Gasteiger partial charge in [-0.15, -0.1) is 0 Å². The molecule has 0 amide bonds. The minimum atomic E-state index is 1.03. The summed E-state index contributed by atoms with van der Waals surface area (Å²) in [5, 5.41) is 0. The lowest BCUT2D eigenvalue weighted by Crippen LogP contribution is -2.27. The van der Waals surface area contributed by atoms with Gasteiger partial charge in [-0.25, -0.2) is 0 Å². The molecular weight excluding hydrogens is 533 g/mol. The fourth-order valence-corrected chi connectivity index (χ4v) is 8.87. The summed E-state index contributed by atoms with van der Waals surface area (Å²) in [6.45, 7) is 4.45. The van der Waals surface area contributed by atoms with Crippen molar-refractivity contribution in [2.75, 3.05) is 26.2 Å². The second kappa shape index (κ2) is 14.4. The Morgan fingerprint density at radius 3 is 1.15 bits per heavy atom. The highest BCUT2D eigenvalue weighted by Crippen LogP contribution is 2.37. The van der Waals surface area contributed by atoms with E-state index in [0.717, 1.165) is 34.8 Å². The van der Waals surface area contributed by atoms with Crippen LogP contribution in [0.15, 0.2) is 58.3 Å². The van der Waals surface area contributed by atoms with Gasteiger partial charge in [-0.3, -0.25) is 0 Å². The van der Waals surface area contributed by atoms with E-state index in [4.69, 9.17) is 24.4 Å². The summed E-state index contributed by atoms with van der Waals surface area (Å²) in [4.78, 5) is 7.26. The average molecular weight is 565 g/mol. The minimum absolute atomic E-state index is 1.03. The minimum Gasteiger partial charge on any atom is -0.357 e. The van der Waals surface area contributed by atoms with Gasteiger partial charge in [0, 0.05) is 36.0 Å². The van der Waals surface area contributed by atoms with Crippen molar-refractivity contribution in [1.29, 1.82) is 0 Å². The zero-order valence-corrected chi connectivity index (χ0v) is 24.3. The molecule has 0 atom stereocenters. The molecule has 0 bridgehead atoms. The van der Waals surface area contributed by atoms with E-state index >= 15 is 0 Å². The number of rotatable bonds is 5. The van der Waals surface area contributed by atoms with Crippen LogP contribution in [0.25, 0.3) is 11.1 Å². The molecule has 0 radical (unpaired) electrons. The molecule has 0 N–H and O–H groups in total. The van der Waals surface area contributed by atoms with Crippen molar-refractivity contribution in [3.8, 4) is 11.1 Å². The molecule has 2 nitrogen and oxygen atoms in total. The summed E-state index contributed by atoms with van der Waals surface area (Å²) in [6, 6.07) is 17.7. The van der Waals surface area contributed by atoms with Crippen LogP contribution in [0, 0.1) is 0 Å². The summed E-state index contributed by atoms with van der Waals surface area (Å²) >= 11 is 11.4. The second-order valence-corrected chi connectivity index (χ2v) is 14.4. The van der Waals surface area contributed by atoms with Crippen molar-refractivity contribution in [1.82, 2.24) is 9.80 Å². The van der Waals surface area contributed by atoms with Crippen molar-refractivity contribution in [3.63, 3.8) is 0 Å². The lowest BCUT2D eigenvalue weighted by Gasteiger charge is -2.22. The van der Waals surface area contributed by atoms with Gasteiger partial charge in [-0.05, 0) is 82.7 Å². The molecule has 2 aromatic carbocycles. The van der Waals surface area contributed by atoms with Crippen LogP contribution >= 0.6 is 67.6 Å². The van der Waals surface area contributed by atoms with E-state index < -0.39 is 0 Å². The largest absolute Gasteiger partial charge is 0.357 e. The molecule has 0 unspecified atom stereocenters. The predicted molar refractivity (Wildman–Crippen MR) is 164 cm³/mol. The maximum absolute atomic E-state index is 5.68. The fourth-order valence-electron chi connectivity index (χ4n) is 4.19. The van der Waals surface area contributed by atoms with Crippen LogP contribution in [0.5, 0.6) is 0 Å². The van der Waals surface area contributed by atoms with Crippen molar-refractivity contribution in [3.05, 3.63) is 48.5 Å². The number of benzene rings is 2. The Morgan fingerprint density at radius 2 is 0.824 bits per heavy atom. The van der Waals surface area contributed by atoms with Crippen LogP contribution < -0.4 is 0 Å². The van der Waals surface area contributed by atoms with Crippen molar-refractivity contribution >= 4 is 76.3 Å². The Bertz CT molecular complexity index is 838. The first-order chi connectivity index (χ1) is 16.7. The van der Waals surface area contributed by atoms with E-state index in [0.29, 0.717) is 0 Å². The van der Waals surface area contributed by atoms with Gasteiger partial charge in [0.15, 0.2) is 0 Å². The van der Waals surface area contributed by atoms with Crippen LogP contribution in [0.3, 0.4) is 0 Å². The zero-order chi connectivity index (χ0) is 23.6. The van der Waals surface area contributed by atoms with Crippen molar-refractivity contribution < 1.29 is 0 Å². The average Bonchev–Trinajstić information content (AvgIpc) is 3.32. The first-order valence-electron chi connectivity index (χ1n) is 12.2. The Morgan fingerprint density at radius 1 is 0.500 bits per heavy atom. The topological polar surface area (TPSA) is 6.48 Å². The second-order valence-electron chi connectivity index (χ2n) is 8.72. The zero-order valence-electron chi connectivity index (χ0n) is 19.4. The molecule has 0 aliphatic carbocycles. The number of nitrogens with zero attached hydrogens (tertiary/aromatic N) is 2. The van der Waals surface area contributed by atoms with Gasteiger partial charge in [-0.1, -0.05) is 96.0 Å². The van der Waals surface area contributed by atoms with E-state index in [1.54, 1.807) is 43.2 Å². The SMILES string of the molecule is S=C(SSc1ccc(-c2ccc(SSC(=S)N3CCCCCC3)cc2)cc1)N1CCCCCC1. The van der Waals surface area contributed by atoms with E-state index in [-0.39, 0.29) is 0 Å². The molecule has 2 aromatic rings. The van der Waals surface area contributed by atoms with Gasteiger partial charge in [0.05, 0.1) is 0 Å². The molecular formula is C26H32N2S6. The van der Waals surface area contributed by atoms with Gasteiger partial charge in [0.25, 0.3) is 0 Å². The monoisotopic (exact) mass is 564 g/mol. The maximum atomic E-state index is 5.68. The Balaban J connectivity index is 1.24. The first-order valence-corrected chi connectivity index (χ1v) is 17.3. The summed E-state index contributed by atoms with van der Waals surface area (Å²) in [5.74, 6) is 0. The van der Waals surface area contributed by atoms with Crippen molar-refractivity contribution in [2.45, 2.75) is 61.2 Å². The maximum Gasteiger partial charge on any atom is 0.147 e. The van der Waals surface area contributed by atoms with Gasteiger partial charge in [-0.2, -0.15) is 0 Å². The third-order valence-electron chi connectivity index (χ3n) is 6.19. The highest BCUT2D eigenvalue weighted by Gasteiger charge is 2.14. The number of hydrogen-bond acceptors (Lipinski definition) is 6. The van der Waals surface area contributed by atoms with E-state index in [1.807, 2.05) is 0 Å². The third-order valence-corrected chi connectivity index (χ3v) is 12.3. The molecule has 2 fully saturated rings. The summed E-state index contributed by atoms with van der Waals surface area (Å²) < 4.78 is 2.05. The molecule has 2 aliphatic rings. The van der Waals surface area contributed by atoms with Crippen LogP contribution in [-0.4, -0.2) is 44.6 Å². The molecule has 2 heterocycles. The molecule has 182 valence electrons. The lowest BCUT2D eigenvalue weighted by atomic mass is 10.1. The first kappa shape index (κ1) is 26.7. The number of likely N-dealkylation sites (tertiary alicyclic amines) is 2. The normalized spacial score (nSPS) is 17.2. The molecule has 8 heteroatoms. The molecule has 2 saturated heterocycles. The number of thiocarbonyl (C=S) groups is 2. The Kier molecular flexibility index (Phi) is 11.3. The molecule has 0 aromatic heterocycles. The van der Waals surface area contributed by atoms with Gasteiger partial charge < -0.3 is 9.80 Å². The summed E-state index contributed by atoms with van der Waals surface area (Å²) in [6.07, 6.45) is 10.4. The van der Waals surface area contributed by atoms with Gasteiger partial charge in [0.2, 0.25) is 0 Å². The fraction of sp³-hybridized carbons (Fsp3) is 0.462. The van der Waals surface area contributed by atoms with Crippen LogP contribution in [0.1, 0.15) is 51.4 Å². The molecule has 4 rings (SSSR count). The number of hydrogen-bond donors (Lipinski definition) is 0. The molecule has 0 saturated carbocycles. The Hall–Kier alpha value is -0.380. The lowest BCUT2D eigenvalue weighted by molar-refractivity contribution is 0.450. The van der Waals surface area contributed by atoms with Gasteiger partial charge >= 0.3 is 0 Å². The highest BCUT2D eigenvalue weighted by molar-refractivity contribution is 8.84. The molecule has 0 spiro atoms. The van der Waals surface area contributed by atoms with E-state index in [1.165, 1.54) is 72.3 Å². The van der Waals surface area contributed by atoms with Crippen LogP contribution in [0.4, 0.5) is 0 Å². The Labute approximate surface area is 231 Å². The van der Waals surface area contributed by atoms with Crippen LogP contribution in [0.2, 0.25) is 0 Å². The quantitative estimate of drug-likeness (QED) is 0.259. The third kappa shape index (κ3) is 8.34. The molecule has 2 aliphatic heterocycles. The molecule has 34 heavy (non-hydrogen) atoms. The van der Waals surface area contributed by atoms with Gasteiger partial charge in [0.1, 0.15) is 8.64 Å². The highest BCUT2D eigenvalue weighted by atomic mass is 33.1. The smallest absolute Gasteiger partial charge is 0.147 e. The summed E-state index contributed by atoms with van der Waals surface area (Å²) in [5.41, 5.74) is 2.49. The van der Waals surface area contributed by atoms with Crippen molar-refractivity contribution in [2.24, 2.45) is 0 Å². The summed E-state index contributed by atoms with van der Waals surface area (Å²) in [7, 11) is 6.98. The van der Waals surface area contributed by atoms with Crippen LogP contribution in [-0.2, 0) is 0 Å².